The summed E-state index contributed by atoms with van der Waals surface area (Å²) in [5, 5.41) is 23.1. The molecule has 1 aromatic rings. The van der Waals surface area contributed by atoms with Crippen LogP contribution in [0.25, 0.3) is 0 Å². The normalized spacial score (nSPS) is 18.0. The van der Waals surface area contributed by atoms with E-state index in [0.717, 1.165) is 0 Å². The molecular weight excluding hydrogens is 248 g/mol. The Hall–Kier alpha value is -2.75. The minimum atomic E-state index is -0.532. The van der Waals surface area contributed by atoms with Crippen molar-refractivity contribution < 1.29 is 14.6 Å². The molecule has 0 spiro atoms. The molecule has 1 aliphatic rings. The van der Waals surface area contributed by atoms with E-state index in [-0.39, 0.29) is 24.0 Å². The summed E-state index contributed by atoms with van der Waals surface area (Å²) in [5.41, 5.74) is 0.507. The third-order valence-electron chi connectivity index (χ3n) is 2.69. The molecule has 2 rings (SSSR count). The number of ether oxygens (including phenoxy) is 1. The zero-order valence-electron chi connectivity index (χ0n) is 10.2. The minimum Gasteiger partial charge on any atom is -0.507 e. The van der Waals surface area contributed by atoms with E-state index in [1.165, 1.54) is 13.2 Å². The van der Waals surface area contributed by atoms with Gasteiger partial charge in [-0.1, -0.05) is 0 Å². The van der Waals surface area contributed by atoms with Crippen LogP contribution in [0.1, 0.15) is 18.0 Å². The molecule has 1 heterocycles. The molecule has 98 valence electrons. The Bertz CT molecular complexity index is 577. The van der Waals surface area contributed by atoms with E-state index in [9.17, 15) is 9.90 Å². The van der Waals surface area contributed by atoms with E-state index >= 15 is 0 Å². The van der Waals surface area contributed by atoms with E-state index in [0.29, 0.717) is 11.3 Å². The molecule has 1 aromatic carbocycles. The maximum Gasteiger partial charge on any atom is 0.229 e. The number of rotatable bonds is 2. The van der Waals surface area contributed by atoms with E-state index < -0.39 is 6.04 Å². The largest absolute Gasteiger partial charge is 0.507 e. The van der Waals surface area contributed by atoms with Crippen LogP contribution in [-0.4, -0.2) is 24.1 Å². The third kappa shape index (κ3) is 2.74. The summed E-state index contributed by atoms with van der Waals surface area (Å²) in [5.74, 6) is 0.326. The number of hydrogen-bond donors (Lipinski definition) is 3. The molecule has 0 aromatic heterocycles. The summed E-state index contributed by atoms with van der Waals surface area (Å²) in [6.07, 6.45) is 1.79. The van der Waals surface area contributed by atoms with Gasteiger partial charge in [0.1, 0.15) is 11.5 Å². The van der Waals surface area contributed by atoms with Crippen molar-refractivity contribution in [1.29, 1.82) is 5.26 Å². The van der Waals surface area contributed by atoms with Crippen LogP contribution in [0.15, 0.2) is 23.2 Å². The number of benzene rings is 1. The zero-order valence-corrected chi connectivity index (χ0v) is 10.2. The molecule has 1 aliphatic heterocycles. The van der Waals surface area contributed by atoms with Gasteiger partial charge in [-0.05, 0) is 12.1 Å². The number of guanidine groups is 1. The standard InChI is InChI=1S/C12H12N4O3/c1-19-7-2-3-8(10(17)4-7)9-5-11(18)16-12(15-9)14-6-13/h2-4,9,17H,5H2,1H3,(H2,14,15,16,18). The Kier molecular flexibility index (Phi) is 3.52. The van der Waals surface area contributed by atoms with Gasteiger partial charge in [-0.2, -0.15) is 5.26 Å². The first kappa shape index (κ1) is 12.7. The van der Waals surface area contributed by atoms with Gasteiger partial charge in [0.2, 0.25) is 11.9 Å². The molecule has 19 heavy (non-hydrogen) atoms. The number of carbonyl (C=O) groups is 1. The van der Waals surface area contributed by atoms with Gasteiger partial charge < -0.3 is 9.84 Å². The molecule has 0 bridgehead atoms. The van der Waals surface area contributed by atoms with E-state index in [2.05, 4.69) is 15.6 Å². The number of nitrogens with one attached hydrogen (secondary N) is 2. The lowest BCUT2D eigenvalue weighted by atomic mass is 10.0. The Morgan fingerprint density at radius 2 is 2.42 bits per heavy atom. The van der Waals surface area contributed by atoms with Crippen LogP contribution in [0.4, 0.5) is 0 Å². The van der Waals surface area contributed by atoms with E-state index in [1.807, 2.05) is 0 Å². The SMILES string of the molecule is COc1ccc(C2CC(=O)NC(NC#N)=N2)c(O)c1. The minimum absolute atomic E-state index is 0.000826. The second kappa shape index (κ2) is 5.27. The van der Waals surface area contributed by atoms with Crippen molar-refractivity contribution in [2.24, 2.45) is 4.99 Å². The molecule has 7 nitrogen and oxygen atoms in total. The van der Waals surface area contributed by atoms with Gasteiger partial charge >= 0.3 is 0 Å². The number of aliphatic imine (C=N–C) groups is 1. The fraction of sp³-hybridized carbons (Fsp3) is 0.250. The number of phenolic OH excluding ortho intramolecular Hbond substituents is 1. The van der Waals surface area contributed by atoms with Crippen molar-refractivity contribution in [3.05, 3.63) is 23.8 Å². The molecule has 0 saturated heterocycles. The lowest BCUT2D eigenvalue weighted by molar-refractivity contribution is -0.120. The molecule has 0 saturated carbocycles. The summed E-state index contributed by atoms with van der Waals surface area (Å²) in [4.78, 5) is 15.7. The Balaban J connectivity index is 2.33. The quantitative estimate of drug-likeness (QED) is 0.526. The molecule has 1 atom stereocenters. The molecule has 3 N–H and O–H groups in total. The Morgan fingerprint density at radius 3 is 3.05 bits per heavy atom. The van der Waals surface area contributed by atoms with Crippen LogP contribution >= 0.6 is 0 Å². The predicted octanol–water partition coefficient (Wildman–Crippen LogP) is 0.388. The molecule has 0 radical (unpaired) electrons. The second-order valence-corrected chi connectivity index (χ2v) is 3.91. The third-order valence-corrected chi connectivity index (χ3v) is 2.69. The number of nitrogens with zero attached hydrogens (tertiary/aromatic N) is 2. The average molecular weight is 260 g/mol. The monoisotopic (exact) mass is 260 g/mol. The molecule has 1 unspecified atom stereocenters. The average Bonchev–Trinajstić information content (AvgIpc) is 2.38. The van der Waals surface area contributed by atoms with Crippen LogP contribution in [-0.2, 0) is 4.79 Å². The van der Waals surface area contributed by atoms with Gasteiger partial charge in [0.05, 0.1) is 19.6 Å². The van der Waals surface area contributed by atoms with Crippen LogP contribution in [0, 0.1) is 11.5 Å². The fourth-order valence-corrected chi connectivity index (χ4v) is 1.82. The molecule has 7 heteroatoms. The summed E-state index contributed by atoms with van der Waals surface area (Å²) in [6.45, 7) is 0. The number of hydrogen-bond acceptors (Lipinski definition) is 6. The lowest BCUT2D eigenvalue weighted by Gasteiger charge is -2.20. The van der Waals surface area contributed by atoms with Crippen molar-refractivity contribution in [1.82, 2.24) is 10.6 Å². The predicted molar refractivity (Wildman–Crippen MR) is 66.3 cm³/mol. The van der Waals surface area contributed by atoms with Gasteiger partial charge in [-0.25, -0.2) is 4.99 Å². The zero-order chi connectivity index (χ0) is 13.8. The molecule has 0 fully saturated rings. The first-order valence-corrected chi connectivity index (χ1v) is 5.53. The second-order valence-electron chi connectivity index (χ2n) is 3.91. The van der Waals surface area contributed by atoms with Crippen LogP contribution in [0.2, 0.25) is 0 Å². The van der Waals surface area contributed by atoms with Crippen molar-refractivity contribution >= 4 is 11.9 Å². The van der Waals surface area contributed by atoms with E-state index in [4.69, 9.17) is 10.00 Å². The Morgan fingerprint density at radius 1 is 1.63 bits per heavy atom. The summed E-state index contributed by atoms with van der Waals surface area (Å²) in [7, 11) is 1.50. The number of aromatic hydroxyl groups is 1. The number of amides is 1. The highest BCUT2D eigenvalue weighted by Crippen LogP contribution is 2.33. The first-order chi connectivity index (χ1) is 9.13. The lowest BCUT2D eigenvalue weighted by Crippen LogP contribution is -2.42. The van der Waals surface area contributed by atoms with Gasteiger partial charge in [-0.3, -0.25) is 15.4 Å². The number of phenols is 1. The van der Waals surface area contributed by atoms with Gasteiger partial charge in [-0.15, -0.1) is 0 Å². The highest BCUT2D eigenvalue weighted by Gasteiger charge is 2.24. The summed E-state index contributed by atoms with van der Waals surface area (Å²) < 4.78 is 4.99. The maximum absolute atomic E-state index is 11.5. The number of carbonyl (C=O) groups excluding carboxylic acids is 1. The number of nitriles is 1. The maximum atomic E-state index is 11.5. The van der Waals surface area contributed by atoms with Crippen LogP contribution in [0.5, 0.6) is 11.5 Å². The highest BCUT2D eigenvalue weighted by molar-refractivity contribution is 5.99. The van der Waals surface area contributed by atoms with Crippen molar-refractivity contribution in [3.63, 3.8) is 0 Å². The number of methoxy groups -OCH3 is 1. The summed E-state index contributed by atoms with van der Waals surface area (Å²) >= 11 is 0. The van der Waals surface area contributed by atoms with Crippen LogP contribution < -0.4 is 15.4 Å². The van der Waals surface area contributed by atoms with Crippen molar-refractivity contribution in [2.75, 3.05) is 7.11 Å². The molecule has 1 amide bonds. The Labute approximate surface area is 109 Å². The molecule has 0 aliphatic carbocycles. The first-order valence-electron chi connectivity index (χ1n) is 5.53. The van der Waals surface area contributed by atoms with Gasteiger partial charge in [0.15, 0.2) is 6.19 Å². The fourth-order valence-electron chi connectivity index (χ4n) is 1.82. The summed E-state index contributed by atoms with van der Waals surface area (Å²) in [6, 6.07) is 4.24. The highest BCUT2D eigenvalue weighted by atomic mass is 16.5. The van der Waals surface area contributed by atoms with Gasteiger partial charge in [0, 0.05) is 11.6 Å². The van der Waals surface area contributed by atoms with Gasteiger partial charge in [0.25, 0.3) is 0 Å². The van der Waals surface area contributed by atoms with Crippen LogP contribution in [0.3, 0.4) is 0 Å². The van der Waals surface area contributed by atoms with E-state index in [1.54, 1.807) is 18.3 Å². The van der Waals surface area contributed by atoms with Crippen molar-refractivity contribution in [3.8, 4) is 17.7 Å². The van der Waals surface area contributed by atoms with Crippen molar-refractivity contribution in [2.45, 2.75) is 12.5 Å². The topological polar surface area (TPSA) is 107 Å². The smallest absolute Gasteiger partial charge is 0.229 e. The molecular formula is C12H12N4O3.